The van der Waals surface area contributed by atoms with Gasteiger partial charge >= 0.3 is 5.97 Å². The zero-order chi connectivity index (χ0) is 26.8. The number of hydrogen-bond donors (Lipinski definition) is 10. The summed E-state index contributed by atoms with van der Waals surface area (Å²) in [5.41, 5.74) is 15.9. The molecule has 0 heterocycles. The van der Waals surface area contributed by atoms with Gasteiger partial charge in [-0.1, -0.05) is 0 Å². The molecular weight excluding hydrogens is 462 g/mol. The second-order valence-corrected chi connectivity index (χ2v) is 7.83. The fourth-order valence-corrected chi connectivity index (χ4v) is 2.87. The van der Waals surface area contributed by atoms with Gasteiger partial charge in [0.2, 0.25) is 23.6 Å². The first kappa shape index (κ1) is 31.5. The van der Waals surface area contributed by atoms with Crippen molar-refractivity contribution in [1.29, 1.82) is 5.41 Å². The summed E-state index contributed by atoms with van der Waals surface area (Å²) < 4.78 is 0. The Hall–Kier alpha value is -3.46. The van der Waals surface area contributed by atoms with Crippen LogP contribution in [0.3, 0.4) is 0 Å². The number of hydrogen-bond acceptors (Lipinski definition) is 8. The first-order chi connectivity index (χ1) is 16.5. The van der Waals surface area contributed by atoms with Crippen LogP contribution in [0.25, 0.3) is 0 Å². The highest BCUT2D eigenvalue weighted by Gasteiger charge is 2.27. The molecular formula is C20H39N9O6. The number of amides is 4. The Kier molecular flexibility index (Phi) is 16.2. The lowest BCUT2D eigenvalue weighted by atomic mass is 10.1. The predicted octanol–water partition coefficient (Wildman–Crippen LogP) is -3.60. The van der Waals surface area contributed by atoms with Gasteiger partial charge in [-0.2, -0.15) is 0 Å². The van der Waals surface area contributed by atoms with Crippen LogP contribution in [0.4, 0.5) is 0 Å². The molecule has 4 amide bonds. The summed E-state index contributed by atoms with van der Waals surface area (Å²) in [4.78, 5) is 60.3. The standard InChI is InChI=1S/C20H39N9O6/c1-12(27-16(31)11-26-15(30)7-9-22)17(32)28-13(6-4-10-25-20(23)24)18(33)29-14(19(34)35)5-2-3-8-21/h12-14H,2-11,21-22H2,1H3,(H,26,30)(H,27,31)(H,28,32)(H,29,33)(H,34,35)(H4,23,24,25)/t12-,13-,14-/m0/s1. The number of nitrogens with two attached hydrogens (primary N) is 3. The van der Waals surface area contributed by atoms with Crippen LogP contribution in [0, 0.1) is 5.41 Å². The van der Waals surface area contributed by atoms with Crippen LogP contribution in [-0.4, -0.2) is 85.0 Å². The fourth-order valence-electron chi connectivity index (χ4n) is 2.87. The van der Waals surface area contributed by atoms with Gasteiger partial charge in [0, 0.05) is 19.5 Å². The molecule has 0 aromatic rings. The van der Waals surface area contributed by atoms with Gasteiger partial charge in [-0.3, -0.25) is 24.6 Å². The Morgan fingerprint density at radius 2 is 1.46 bits per heavy atom. The van der Waals surface area contributed by atoms with Gasteiger partial charge in [-0.05, 0) is 45.6 Å². The van der Waals surface area contributed by atoms with Gasteiger partial charge in [0.05, 0.1) is 6.54 Å². The lowest BCUT2D eigenvalue weighted by Crippen LogP contribution is -2.55. The van der Waals surface area contributed by atoms with Gasteiger partial charge < -0.3 is 48.9 Å². The zero-order valence-electron chi connectivity index (χ0n) is 20.0. The second-order valence-electron chi connectivity index (χ2n) is 7.83. The molecule has 0 unspecified atom stereocenters. The maximum Gasteiger partial charge on any atom is 0.326 e. The minimum atomic E-state index is -1.21. The van der Waals surface area contributed by atoms with Crippen molar-refractivity contribution in [3.63, 3.8) is 0 Å². The predicted molar refractivity (Wildman–Crippen MR) is 128 cm³/mol. The van der Waals surface area contributed by atoms with E-state index in [1.54, 1.807) is 0 Å². The summed E-state index contributed by atoms with van der Waals surface area (Å²) in [6.07, 6.45) is 1.77. The summed E-state index contributed by atoms with van der Waals surface area (Å²) in [5, 5.41) is 28.9. The van der Waals surface area contributed by atoms with Crippen LogP contribution in [0.2, 0.25) is 0 Å². The molecule has 15 heteroatoms. The number of carboxylic acid groups (broad SMARTS) is 1. The molecule has 0 aliphatic heterocycles. The fraction of sp³-hybridized carbons (Fsp3) is 0.700. The average Bonchev–Trinajstić information content (AvgIpc) is 2.78. The number of carbonyl (C=O) groups is 5. The van der Waals surface area contributed by atoms with E-state index in [0.29, 0.717) is 25.8 Å². The van der Waals surface area contributed by atoms with Crippen LogP contribution in [0.5, 0.6) is 0 Å². The van der Waals surface area contributed by atoms with Crippen molar-refractivity contribution in [2.45, 2.75) is 63.6 Å². The molecule has 0 aliphatic carbocycles. The summed E-state index contributed by atoms with van der Waals surface area (Å²) in [6.45, 7) is 1.83. The molecule has 15 nitrogen and oxygen atoms in total. The highest BCUT2D eigenvalue weighted by molar-refractivity contribution is 5.94. The van der Waals surface area contributed by atoms with Crippen molar-refractivity contribution in [2.24, 2.45) is 17.2 Å². The van der Waals surface area contributed by atoms with Crippen molar-refractivity contribution >= 4 is 35.6 Å². The number of nitrogens with one attached hydrogen (secondary N) is 6. The summed E-state index contributed by atoms with van der Waals surface area (Å²) in [5.74, 6) is -3.87. The second kappa shape index (κ2) is 17.9. The minimum Gasteiger partial charge on any atom is -0.480 e. The van der Waals surface area contributed by atoms with Crippen LogP contribution < -0.4 is 43.8 Å². The number of aliphatic carboxylic acids is 1. The van der Waals surface area contributed by atoms with E-state index < -0.39 is 47.7 Å². The average molecular weight is 502 g/mol. The van der Waals surface area contributed by atoms with Crippen LogP contribution in [0.1, 0.15) is 45.4 Å². The molecule has 0 saturated heterocycles. The molecule has 0 radical (unpaired) electrons. The molecule has 0 saturated carbocycles. The number of carboxylic acids is 1. The number of guanidine groups is 1. The third-order valence-corrected chi connectivity index (χ3v) is 4.77. The zero-order valence-corrected chi connectivity index (χ0v) is 20.0. The molecule has 0 aromatic carbocycles. The molecule has 200 valence electrons. The first-order valence-corrected chi connectivity index (χ1v) is 11.4. The Morgan fingerprint density at radius 3 is 2.03 bits per heavy atom. The molecule has 0 spiro atoms. The van der Waals surface area contributed by atoms with Gasteiger partial charge in [0.1, 0.15) is 18.1 Å². The molecule has 0 rings (SSSR count). The highest BCUT2D eigenvalue weighted by atomic mass is 16.4. The molecule has 35 heavy (non-hydrogen) atoms. The van der Waals surface area contributed by atoms with Crippen molar-refractivity contribution in [2.75, 3.05) is 26.2 Å². The summed E-state index contributed by atoms with van der Waals surface area (Å²) in [7, 11) is 0. The lowest BCUT2D eigenvalue weighted by Gasteiger charge is -2.23. The normalized spacial score (nSPS) is 13.0. The van der Waals surface area contributed by atoms with Crippen LogP contribution in [0.15, 0.2) is 0 Å². The van der Waals surface area contributed by atoms with Crippen molar-refractivity contribution < 1.29 is 29.1 Å². The molecule has 0 aliphatic rings. The van der Waals surface area contributed by atoms with E-state index in [4.69, 9.17) is 22.6 Å². The monoisotopic (exact) mass is 501 g/mol. The number of unbranched alkanes of at least 4 members (excludes halogenated alkanes) is 1. The van der Waals surface area contributed by atoms with Crippen LogP contribution in [-0.2, 0) is 24.0 Å². The first-order valence-electron chi connectivity index (χ1n) is 11.4. The summed E-state index contributed by atoms with van der Waals surface area (Å²) >= 11 is 0. The Labute approximate surface area is 204 Å². The largest absolute Gasteiger partial charge is 0.480 e. The molecule has 0 fully saturated rings. The van der Waals surface area contributed by atoms with E-state index in [9.17, 15) is 29.1 Å². The quantitative estimate of drug-likeness (QED) is 0.0500. The third kappa shape index (κ3) is 15.1. The van der Waals surface area contributed by atoms with E-state index in [1.165, 1.54) is 6.92 Å². The van der Waals surface area contributed by atoms with Crippen molar-refractivity contribution in [1.82, 2.24) is 26.6 Å². The topological polar surface area (TPSA) is 268 Å². The van der Waals surface area contributed by atoms with Gasteiger partial charge in [-0.25, -0.2) is 4.79 Å². The Balaban J connectivity index is 5.07. The number of carbonyl (C=O) groups excluding carboxylic acids is 4. The van der Waals surface area contributed by atoms with Crippen LogP contribution >= 0.6 is 0 Å². The smallest absolute Gasteiger partial charge is 0.326 e. The van der Waals surface area contributed by atoms with Gasteiger partial charge in [-0.15, -0.1) is 0 Å². The molecule has 3 atom stereocenters. The SMILES string of the molecule is C[C@H](NC(=O)CNC(=O)CCN)C(=O)N[C@@H](CCCNC(=N)N)C(=O)N[C@@H](CCCCN)C(=O)O. The van der Waals surface area contributed by atoms with E-state index in [2.05, 4.69) is 26.6 Å². The molecule has 0 aromatic heterocycles. The third-order valence-electron chi connectivity index (χ3n) is 4.77. The number of rotatable bonds is 18. The maximum absolute atomic E-state index is 12.8. The van der Waals surface area contributed by atoms with E-state index in [1.807, 2.05) is 0 Å². The highest BCUT2D eigenvalue weighted by Crippen LogP contribution is 2.04. The van der Waals surface area contributed by atoms with E-state index in [-0.39, 0.29) is 44.9 Å². The minimum absolute atomic E-state index is 0.0577. The Bertz CT molecular complexity index is 734. The van der Waals surface area contributed by atoms with Crippen molar-refractivity contribution in [3.05, 3.63) is 0 Å². The van der Waals surface area contributed by atoms with E-state index >= 15 is 0 Å². The molecule has 0 bridgehead atoms. The maximum atomic E-state index is 12.8. The van der Waals surface area contributed by atoms with Gasteiger partial charge in [0.25, 0.3) is 0 Å². The van der Waals surface area contributed by atoms with Gasteiger partial charge in [0.15, 0.2) is 5.96 Å². The summed E-state index contributed by atoms with van der Waals surface area (Å²) in [6, 6.07) is -3.30. The Morgan fingerprint density at radius 1 is 0.829 bits per heavy atom. The molecule has 13 N–H and O–H groups in total. The van der Waals surface area contributed by atoms with Crippen molar-refractivity contribution in [3.8, 4) is 0 Å². The van der Waals surface area contributed by atoms with E-state index in [0.717, 1.165) is 0 Å². The lowest BCUT2D eigenvalue weighted by molar-refractivity contribution is -0.142.